The molecule has 6 nitrogen and oxygen atoms in total. The highest BCUT2D eigenvalue weighted by Gasteiger charge is 2.10. The van der Waals surface area contributed by atoms with Crippen LogP contribution in [-0.2, 0) is 11.2 Å². The molecule has 106 valence electrons. The summed E-state index contributed by atoms with van der Waals surface area (Å²) in [6, 6.07) is 9.32. The number of amides is 1. The number of anilines is 2. The number of nitrogen functional groups attached to an aromatic ring is 1. The van der Waals surface area contributed by atoms with Crippen molar-refractivity contribution in [3.63, 3.8) is 0 Å². The zero-order valence-electron chi connectivity index (χ0n) is 11.1. The van der Waals surface area contributed by atoms with Crippen LogP contribution in [0.25, 0.3) is 5.69 Å². The highest BCUT2D eigenvalue weighted by atomic mass is 32.1. The Morgan fingerprint density at radius 1 is 1.33 bits per heavy atom. The number of hydrogen-bond donors (Lipinski definition) is 2. The molecule has 0 bridgehead atoms. The van der Waals surface area contributed by atoms with Crippen LogP contribution in [0.2, 0.25) is 0 Å². The highest BCUT2D eigenvalue weighted by molar-refractivity contribution is 7.13. The lowest BCUT2D eigenvalue weighted by atomic mass is 10.2. The Morgan fingerprint density at radius 2 is 2.19 bits per heavy atom. The molecule has 0 aliphatic rings. The van der Waals surface area contributed by atoms with Gasteiger partial charge in [0.2, 0.25) is 5.91 Å². The second-order valence-corrected chi connectivity index (χ2v) is 5.26. The smallest absolute Gasteiger partial charge is 0.230 e. The van der Waals surface area contributed by atoms with E-state index in [4.69, 9.17) is 5.73 Å². The van der Waals surface area contributed by atoms with Gasteiger partial charge in [-0.05, 0) is 18.2 Å². The summed E-state index contributed by atoms with van der Waals surface area (Å²) < 4.78 is 1.70. The SMILES string of the molecule is Nc1nc(CC(=O)Nc2ccccc2-n2cccn2)cs1. The standard InChI is InChI=1S/C14H13N5OS/c15-14-17-10(9-21-14)8-13(20)18-11-4-1-2-5-12(11)19-7-3-6-16-19/h1-7,9H,8H2,(H2,15,17)(H,18,20). The number of aromatic nitrogens is 3. The highest BCUT2D eigenvalue weighted by Crippen LogP contribution is 2.19. The fraction of sp³-hybridized carbons (Fsp3) is 0.0714. The van der Waals surface area contributed by atoms with Crippen molar-refractivity contribution in [1.82, 2.24) is 14.8 Å². The lowest BCUT2D eigenvalue weighted by molar-refractivity contribution is -0.115. The van der Waals surface area contributed by atoms with Gasteiger partial charge >= 0.3 is 0 Å². The van der Waals surface area contributed by atoms with Crippen LogP contribution < -0.4 is 11.1 Å². The maximum Gasteiger partial charge on any atom is 0.230 e. The fourth-order valence-corrected chi connectivity index (χ4v) is 2.52. The Bertz CT molecular complexity index is 750. The minimum atomic E-state index is -0.139. The normalized spacial score (nSPS) is 10.5. The lowest BCUT2D eigenvalue weighted by Crippen LogP contribution is -2.16. The summed E-state index contributed by atoms with van der Waals surface area (Å²) in [6.45, 7) is 0. The number of carbonyl (C=O) groups is 1. The van der Waals surface area contributed by atoms with Crippen molar-refractivity contribution < 1.29 is 4.79 Å². The van der Waals surface area contributed by atoms with Crippen LogP contribution in [-0.4, -0.2) is 20.7 Å². The number of para-hydroxylation sites is 2. The Balaban J connectivity index is 1.77. The van der Waals surface area contributed by atoms with Gasteiger partial charge in [0.1, 0.15) is 0 Å². The Hall–Kier alpha value is -2.67. The molecule has 1 amide bonds. The molecule has 0 aliphatic heterocycles. The molecule has 2 aromatic heterocycles. The Labute approximate surface area is 125 Å². The van der Waals surface area contributed by atoms with Crippen LogP contribution >= 0.6 is 11.3 Å². The molecule has 1 aromatic carbocycles. The maximum absolute atomic E-state index is 12.1. The van der Waals surface area contributed by atoms with Gasteiger partial charge in [0.15, 0.2) is 5.13 Å². The van der Waals surface area contributed by atoms with Gasteiger partial charge in [-0.15, -0.1) is 11.3 Å². The largest absolute Gasteiger partial charge is 0.375 e. The van der Waals surface area contributed by atoms with Gasteiger partial charge < -0.3 is 11.1 Å². The van der Waals surface area contributed by atoms with E-state index in [-0.39, 0.29) is 12.3 Å². The topological polar surface area (TPSA) is 85.8 Å². The number of hydrogen-bond acceptors (Lipinski definition) is 5. The Kier molecular flexibility index (Phi) is 3.65. The first-order valence-corrected chi connectivity index (χ1v) is 7.19. The van der Waals surface area contributed by atoms with Gasteiger partial charge in [-0.25, -0.2) is 9.67 Å². The van der Waals surface area contributed by atoms with Crippen molar-refractivity contribution >= 4 is 28.1 Å². The van der Waals surface area contributed by atoms with Crippen LogP contribution in [0.4, 0.5) is 10.8 Å². The van der Waals surface area contributed by atoms with E-state index >= 15 is 0 Å². The van der Waals surface area contributed by atoms with Gasteiger partial charge in [0.25, 0.3) is 0 Å². The number of nitrogens with one attached hydrogen (secondary N) is 1. The first kappa shape index (κ1) is 13.3. The number of carbonyl (C=O) groups excluding carboxylic acids is 1. The summed E-state index contributed by atoms with van der Waals surface area (Å²) in [7, 11) is 0. The van der Waals surface area contributed by atoms with E-state index in [1.54, 1.807) is 16.3 Å². The van der Waals surface area contributed by atoms with Crippen molar-refractivity contribution in [3.05, 3.63) is 53.8 Å². The number of thiazole rings is 1. The third-order valence-electron chi connectivity index (χ3n) is 2.84. The molecule has 7 heteroatoms. The molecule has 3 aromatic rings. The number of nitrogens with two attached hydrogens (primary N) is 1. The van der Waals surface area contributed by atoms with E-state index in [1.807, 2.05) is 36.5 Å². The second kappa shape index (κ2) is 5.76. The quantitative estimate of drug-likeness (QED) is 0.772. The average molecular weight is 299 g/mol. The molecular formula is C14H13N5OS. The summed E-state index contributed by atoms with van der Waals surface area (Å²) in [4.78, 5) is 16.2. The van der Waals surface area contributed by atoms with Gasteiger partial charge in [0, 0.05) is 17.8 Å². The first-order chi connectivity index (χ1) is 10.2. The van der Waals surface area contributed by atoms with Crippen LogP contribution in [0.3, 0.4) is 0 Å². The van der Waals surface area contributed by atoms with Crippen molar-refractivity contribution in [2.75, 3.05) is 11.1 Å². The molecule has 0 atom stereocenters. The molecule has 0 fully saturated rings. The summed E-state index contributed by atoms with van der Waals surface area (Å²) in [5.74, 6) is -0.139. The van der Waals surface area contributed by atoms with E-state index in [9.17, 15) is 4.79 Å². The van der Waals surface area contributed by atoms with Crippen molar-refractivity contribution in [3.8, 4) is 5.69 Å². The van der Waals surface area contributed by atoms with Gasteiger partial charge in [0.05, 0.1) is 23.5 Å². The first-order valence-electron chi connectivity index (χ1n) is 6.31. The number of nitrogens with zero attached hydrogens (tertiary/aromatic N) is 3. The molecule has 0 aliphatic carbocycles. The van der Waals surface area contributed by atoms with Gasteiger partial charge in [-0.1, -0.05) is 12.1 Å². The molecule has 0 spiro atoms. The molecule has 2 heterocycles. The maximum atomic E-state index is 12.1. The molecule has 3 rings (SSSR count). The molecule has 0 saturated carbocycles. The second-order valence-electron chi connectivity index (χ2n) is 4.37. The van der Waals surface area contributed by atoms with Crippen LogP contribution in [0, 0.1) is 0 Å². The predicted octanol–water partition coefficient (Wildman–Crippen LogP) is 2.09. The zero-order valence-corrected chi connectivity index (χ0v) is 11.9. The van der Waals surface area contributed by atoms with Crippen molar-refractivity contribution in [2.45, 2.75) is 6.42 Å². The van der Waals surface area contributed by atoms with Crippen molar-refractivity contribution in [2.24, 2.45) is 0 Å². The van der Waals surface area contributed by atoms with E-state index in [2.05, 4.69) is 15.4 Å². The summed E-state index contributed by atoms with van der Waals surface area (Å²) >= 11 is 1.33. The van der Waals surface area contributed by atoms with Crippen LogP contribution in [0.15, 0.2) is 48.1 Å². The van der Waals surface area contributed by atoms with E-state index in [1.165, 1.54) is 11.3 Å². The van der Waals surface area contributed by atoms with E-state index < -0.39 is 0 Å². The fourth-order valence-electron chi connectivity index (χ4n) is 1.95. The Morgan fingerprint density at radius 3 is 2.90 bits per heavy atom. The summed E-state index contributed by atoms with van der Waals surface area (Å²) in [5, 5.41) is 9.31. The van der Waals surface area contributed by atoms with Crippen LogP contribution in [0.5, 0.6) is 0 Å². The third-order valence-corrected chi connectivity index (χ3v) is 3.56. The third kappa shape index (κ3) is 3.09. The summed E-state index contributed by atoms with van der Waals surface area (Å²) in [6.07, 6.45) is 3.71. The monoisotopic (exact) mass is 299 g/mol. The van der Waals surface area contributed by atoms with E-state index in [0.29, 0.717) is 16.5 Å². The number of benzene rings is 1. The zero-order chi connectivity index (χ0) is 14.7. The molecule has 21 heavy (non-hydrogen) atoms. The number of rotatable bonds is 4. The van der Waals surface area contributed by atoms with E-state index in [0.717, 1.165) is 5.69 Å². The van der Waals surface area contributed by atoms with Crippen LogP contribution in [0.1, 0.15) is 5.69 Å². The minimum absolute atomic E-state index is 0.139. The molecule has 0 radical (unpaired) electrons. The minimum Gasteiger partial charge on any atom is -0.375 e. The molecular weight excluding hydrogens is 286 g/mol. The molecule has 0 unspecified atom stereocenters. The van der Waals surface area contributed by atoms with Gasteiger partial charge in [-0.2, -0.15) is 5.10 Å². The average Bonchev–Trinajstić information content (AvgIpc) is 3.11. The summed E-state index contributed by atoms with van der Waals surface area (Å²) in [5.41, 5.74) is 7.75. The lowest BCUT2D eigenvalue weighted by Gasteiger charge is -2.10. The van der Waals surface area contributed by atoms with Gasteiger partial charge in [-0.3, -0.25) is 4.79 Å². The van der Waals surface area contributed by atoms with Crippen molar-refractivity contribution in [1.29, 1.82) is 0 Å². The molecule has 0 saturated heterocycles. The molecule has 3 N–H and O–H groups in total. The predicted molar refractivity (Wildman–Crippen MR) is 82.4 cm³/mol.